The first-order valence-corrected chi connectivity index (χ1v) is 8.29. The summed E-state index contributed by atoms with van der Waals surface area (Å²) >= 11 is 0. The highest BCUT2D eigenvalue weighted by Crippen LogP contribution is 2.29. The highest BCUT2D eigenvalue weighted by Gasteiger charge is 2.36. The number of nitrogens with zero attached hydrogens (tertiary/aromatic N) is 1. The van der Waals surface area contributed by atoms with Gasteiger partial charge in [0.15, 0.2) is 0 Å². The van der Waals surface area contributed by atoms with E-state index in [-0.39, 0.29) is 0 Å². The van der Waals surface area contributed by atoms with Crippen LogP contribution in [0.5, 0.6) is 0 Å². The van der Waals surface area contributed by atoms with Gasteiger partial charge in [0.1, 0.15) is 0 Å². The first-order valence-electron chi connectivity index (χ1n) is 8.29. The average Bonchev–Trinajstić information content (AvgIpc) is 2.88. The molecule has 1 N–H and O–H groups in total. The molecule has 0 amide bonds. The van der Waals surface area contributed by atoms with Crippen LogP contribution in [0.25, 0.3) is 0 Å². The third kappa shape index (κ3) is 4.99. The molecule has 0 radical (unpaired) electrons. The fraction of sp³-hybridized carbons (Fsp3) is 1.00. The molecule has 118 valence electrons. The van der Waals surface area contributed by atoms with Gasteiger partial charge in [-0.1, -0.05) is 6.92 Å². The molecule has 0 spiro atoms. The SMILES string of the molecule is CCCNCC1(CN(C)CC2CCOCC2)CCOC1. The molecule has 4 nitrogen and oxygen atoms in total. The van der Waals surface area contributed by atoms with Crippen LogP contribution in [-0.4, -0.2) is 64.6 Å². The van der Waals surface area contributed by atoms with E-state index >= 15 is 0 Å². The summed E-state index contributed by atoms with van der Waals surface area (Å²) < 4.78 is 11.1. The third-order valence-corrected chi connectivity index (χ3v) is 4.63. The molecular weight excluding hydrogens is 252 g/mol. The lowest BCUT2D eigenvalue weighted by molar-refractivity contribution is 0.0473. The molecule has 2 rings (SSSR count). The molecule has 2 saturated heterocycles. The van der Waals surface area contributed by atoms with Gasteiger partial charge in [-0.25, -0.2) is 0 Å². The van der Waals surface area contributed by atoms with E-state index in [1.54, 1.807) is 0 Å². The molecule has 0 bridgehead atoms. The lowest BCUT2D eigenvalue weighted by Gasteiger charge is -2.35. The zero-order valence-corrected chi connectivity index (χ0v) is 13.3. The number of nitrogens with one attached hydrogen (secondary N) is 1. The first-order chi connectivity index (χ1) is 9.74. The molecule has 2 fully saturated rings. The molecule has 0 aromatic heterocycles. The molecule has 1 atom stereocenters. The van der Waals surface area contributed by atoms with Crippen molar-refractivity contribution in [1.29, 1.82) is 0 Å². The number of hydrogen-bond donors (Lipinski definition) is 1. The predicted molar refractivity (Wildman–Crippen MR) is 82.1 cm³/mol. The Balaban J connectivity index is 1.77. The van der Waals surface area contributed by atoms with Crippen LogP contribution in [0.4, 0.5) is 0 Å². The summed E-state index contributed by atoms with van der Waals surface area (Å²) in [4.78, 5) is 2.53. The van der Waals surface area contributed by atoms with Gasteiger partial charge < -0.3 is 19.7 Å². The van der Waals surface area contributed by atoms with Crippen LogP contribution in [-0.2, 0) is 9.47 Å². The minimum absolute atomic E-state index is 0.328. The second-order valence-electron chi connectivity index (χ2n) is 6.73. The molecule has 4 heteroatoms. The smallest absolute Gasteiger partial charge is 0.0547 e. The van der Waals surface area contributed by atoms with Crippen LogP contribution in [0.3, 0.4) is 0 Å². The Morgan fingerprint density at radius 2 is 2.00 bits per heavy atom. The average molecular weight is 284 g/mol. The number of ether oxygens (including phenoxy) is 2. The van der Waals surface area contributed by atoms with Crippen LogP contribution in [0.15, 0.2) is 0 Å². The van der Waals surface area contributed by atoms with Crippen molar-refractivity contribution < 1.29 is 9.47 Å². The van der Waals surface area contributed by atoms with Crippen molar-refractivity contribution in [2.75, 3.05) is 59.7 Å². The van der Waals surface area contributed by atoms with Crippen LogP contribution >= 0.6 is 0 Å². The van der Waals surface area contributed by atoms with Crippen molar-refractivity contribution in [3.05, 3.63) is 0 Å². The fourth-order valence-corrected chi connectivity index (χ4v) is 3.51. The second kappa shape index (κ2) is 8.32. The van der Waals surface area contributed by atoms with Gasteiger partial charge in [-0.2, -0.15) is 0 Å². The summed E-state index contributed by atoms with van der Waals surface area (Å²) in [7, 11) is 2.27. The minimum atomic E-state index is 0.328. The number of rotatable bonds is 8. The van der Waals surface area contributed by atoms with Crippen molar-refractivity contribution in [1.82, 2.24) is 10.2 Å². The Kier molecular flexibility index (Phi) is 6.75. The van der Waals surface area contributed by atoms with E-state index in [4.69, 9.17) is 9.47 Å². The van der Waals surface area contributed by atoms with Crippen molar-refractivity contribution in [2.45, 2.75) is 32.6 Å². The second-order valence-corrected chi connectivity index (χ2v) is 6.73. The van der Waals surface area contributed by atoms with Gasteiger partial charge in [-0.05, 0) is 45.2 Å². The zero-order valence-electron chi connectivity index (χ0n) is 13.3. The lowest BCUT2D eigenvalue weighted by Crippen LogP contribution is -2.45. The maximum Gasteiger partial charge on any atom is 0.0547 e. The Hall–Kier alpha value is -0.160. The molecule has 0 aliphatic carbocycles. The van der Waals surface area contributed by atoms with E-state index in [9.17, 15) is 0 Å². The Labute approximate surface area is 124 Å². The normalized spacial score (nSPS) is 28.4. The van der Waals surface area contributed by atoms with E-state index in [0.717, 1.165) is 52.0 Å². The van der Waals surface area contributed by atoms with Crippen LogP contribution in [0, 0.1) is 11.3 Å². The first kappa shape index (κ1) is 16.2. The maximum absolute atomic E-state index is 5.70. The Morgan fingerprint density at radius 1 is 1.20 bits per heavy atom. The fourth-order valence-electron chi connectivity index (χ4n) is 3.51. The highest BCUT2D eigenvalue weighted by molar-refractivity contribution is 4.88. The molecule has 2 aliphatic rings. The Morgan fingerprint density at radius 3 is 2.65 bits per heavy atom. The summed E-state index contributed by atoms with van der Waals surface area (Å²) in [6.45, 7) is 10.5. The summed E-state index contributed by atoms with van der Waals surface area (Å²) in [5.74, 6) is 0.816. The topological polar surface area (TPSA) is 33.7 Å². The van der Waals surface area contributed by atoms with Crippen molar-refractivity contribution in [2.24, 2.45) is 11.3 Å². The summed E-state index contributed by atoms with van der Waals surface area (Å²) in [5.41, 5.74) is 0.328. The van der Waals surface area contributed by atoms with E-state index < -0.39 is 0 Å². The molecule has 1 unspecified atom stereocenters. The van der Waals surface area contributed by atoms with Crippen LogP contribution < -0.4 is 5.32 Å². The quantitative estimate of drug-likeness (QED) is 0.689. The molecule has 0 saturated carbocycles. The lowest BCUT2D eigenvalue weighted by atomic mass is 9.86. The predicted octanol–water partition coefficient (Wildman–Crippen LogP) is 1.75. The third-order valence-electron chi connectivity index (χ3n) is 4.63. The van der Waals surface area contributed by atoms with E-state index in [0.29, 0.717) is 5.41 Å². The monoisotopic (exact) mass is 284 g/mol. The van der Waals surface area contributed by atoms with E-state index in [2.05, 4.69) is 24.2 Å². The molecular formula is C16H32N2O2. The van der Waals surface area contributed by atoms with Crippen molar-refractivity contribution in [3.63, 3.8) is 0 Å². The van der Waals surface area contributed by atoms with Gasteiger partial charge in [-0.15, -0.1) is 0 Å². The zero-order chi connectivity index (χ0) is 14.3. The van der Waals surface area contributed by atoms with Gasteiger partial charge >= 0.3 is 0 Å². The van der Waals surface area contributed by atoms with Crippen molar-refractivity contribution in [3.8, 4) is 0 Å². The minimum Gasteiger partial charge on any atom is -0.381 e. The number of hydrogen-bond acceptors (Lipinski definition) is 4. The summed E-state index contributed by atoms with van der Waals surface area (Å²) in [5, 5.41) is 3.60. The molecule has 0 aromatic rings. The summed E-state index contributed by atoms with van der Waals surface area (Å²) in [6, 6.07) is 0. The van der Waals surface area contributed by atoms with Gasteiger partial charge in [0, 0.05) is 44.9 Å². The Bertz CT molecular complexity index is 261. The standard InChI is InChI=1S/C16H32N2O2/c1-3-7-17-12-16(6-10-20-14-16)13-18(2)11-15-4-8-19-9-5-15/h15,17H,3-14H2,1-2H3. The molecule has 20 heavy (non-hydrogen) atoms. The van der Waals surface area contributed by atoms with Crippen LogP contribution in [0.1, 0.15) is 32.6 Å². The molecule has 2 heterocycles. The molecule has 0 aromatic carbocycles. The van der Waals surface area contributed by atoms with E-state index in [1.807, 2.05) is 0 Å². The van der Waals surface area contributed by atoms with Crippen molar-refractivity contribution >= 4 is 0 Å². The van der Waals surface area contributed by atoms with Crippen LogP contribution in [0.2, 0.25) is 0 Å². The van der Waals surface area contributed by atoms with Gasteiger partial charge in [-0.3, -0.25) is 0 Å². The maximum atomic E-state index is 5.70. The highest BCUT2D eigenvalue weighted by atomic mass is 16.5. The van der Waals surface area contributed by atoms with Gasteiger partial charge in [0.2, 0.25) is 0 Å². The summed E-state index contributed by atoms with van der Waals surface area (Å²) in [6.07, 6.45) is 4.85. The largest absolute Gasteiger partial charge is 0.381 e. The van der Waals surface area contributed by atoms with Gasteiger partial charge in [0.25, 0.3) is 0 Å². The van der Waals surface area contributed by atoms with E-state index in [1.165, 1.54) is 32.2 Å². The molecule has 2 aliphatic heterocycles. The van der Waals surface area contributed by atoms with Gasteiger partial charge in [0.05, 0.1) is 6.61 Å².